The second-order valence-corrected chi connectivity index (χ2v) is 5.54. The van der Waals surface area contributed by atoms with Crippen molar-refractivity contribution in [1.29, 1.82) is 0 Å². The number of aliphatic carboxylic acids is 1. The van der Waals surface area contributed by atoms with Crippen LogP contribution in [-0.2, 0) is 4.79 Å². The Labute approximate surface area is 130 Å². The van der Waals surface area contributed by atoms with Crippen molar-refractivity contribution < 1.29 is 14.6 Å². The van der Waals surface area contributed by atoms with E-state index in [1.165, 1.54) is 32.0 Å². The van der Waals surface area contributed by atoms with E-state index >= 15 is 0 Å². The first-order valence-electron chi connectivity index (χ1n) is 7.21. The molecule has 1 aromatic rings. The zero-order valence-corrected chi connectivity index (χ0v) is 12.7. The summed E-state index contributed by atoms with van der Waals surface area (Å²) in [7, 11) is 0. The van der Waals surface area contributed by atoms with Gasteiger partial charge in [-0.3, -0.25) is 0 Å². The van der Waals surface area contributed by atoms with Crippen LogP contribution in [0, 0.1) is 0 Å². The number of ether oxygens (including phenoxy) is 1. The number of nitrogens with zero attached hydrogens (tertiary/aromatic N) is 1. The Balaban J connectivity index is 1.87. The van der Waals surface area contributed by atoms with Crippen LogP contribution >= 0.6 is 11.6 Å². The van der Waals surface area contributed by atoms with Gasteiger partial charge in [-0.1, -0.05) is 11.6 Å². The highest BCUT2D eigenvalue weighted by Gasteiger charge is 2.10. The van der Waals surface area contributed by atoms with Crippen LogP contribution in [0.2, 0.25) is 5.02 Å². The highest BCUT2D eigenvalue weighted by molar-refractivity contribution is 6.30. The molecule has 21 heavy (non-hydrogen) atoms. The highest BCUT2D eigenvalue weighted by atomic mass is 35.5. The Morgan fingerprint density at radius 2 is 2.14 bits per heavy atom. The molecule has 1 heterocycles. The number of carboxylic acids is 1. The molecule has 4 nitrogen and oxygen atoms in total. The fourth-order valence-electron chi connectivity index (χ4n) is 2.42. The van der Waals surface area contributed by atoms with Crippen LogP contribution in [0.3, 0.4) is 0 Å². The van der Waals surface area contributed by atoms with Gasteiger partial charge in [-0.2, -0.15) is 0 Å². The Morgan fingerprint density at radius 1 is 1.38 bits per heavy atom. The van der Waals surface area contributed by atoms with Crippen molar-refractivity contribution in [3.8, 4) is 5.75 Å². The van der Waals surface area contributed by atoms with Crippen molar-refractivity contribution in [3.05, 3.63) is 34.9 Å². The van der Waals surface area contributed by atoms with Crippen molar-refractivity contribution >= 4 is 23.6 Å². The maximum absolute atomic E-state index is 10.6. The largest absolute Gasteiger partial charge is 0.493 e. The van der Waals surface area contributed by atoms with Gasteiger partial charge in [0.15, 0.2) is 0 Å². The standard InChI is InChI=1S/C16H20ClNO3/c17-14-5-6-15(13(12-14)4-7-16(19)20)21-11-3-10-18-8-1-2-9-18/h4-7,12H,1-3,8-11H2,(H,19,20). The molecule has 0 amide bonds. The molecule has 1 aromatic carbocycles. The lowest BCUT2D eigenvalue weighted by molar-refractivity contribution is -0.131. The number of likely N-dealkylation sites (tertiary alicyclic amines) is 1. The van der Waals surface area contributed by atoms with Crippen LogP contribution in [0.1, 0.15) is 24.8 Å². The maximum atomic E-state index is 10.6. The zero-order valence-electron chi connectivity index (χ0n) is 11.9. The summed E-state index contributed by atoms with van der Waals surface area (Å²) in [5, 5.41) is 9.26. The minimum atomic E-state index is -0.991. The van der Waals surface area contributed by atoms with E-state index < -0.39 is 5.97 Å². The van der Waals surface area contributed by atoms with E-state index in [4.69, 9.17) is 21.4 Å². The average molecular weight is 310 g/mol. The second-order valence-electron chi connectivity index (χ2n) is 5.10. The van der Waals surface area contributed by atoms with Crippen molar-refractivity contribution in [2.75, 3.05) is 26.2 Å². The number of hydrogen-bond donors (Lipinski definition) is 1. The molecule has 114 valence electrons. The lowest BCUT2D eigenvalue weighted by atomic mass is 10.2. The number of carboxylic acid groups (broad SMARTS) is 1. The summed E-state index contributed by atoms with van der Waals surface area (Å²) in [6.45, 7) is 4.04. The number of carbonyl (C=O) groups is 1. The quantitative estimate of drug-likeness (QED) is 0.620. The van der Waals surface area contributed by atoms with Gasteiger partial charge in [0.2, 0.25) is 0 Å². The van der Waals surface area contributed by atoms with Crippen molar-refractivity contribution in [1.82, 2.24) is 4.90 Å². The van der Waals surface area contributed by atoms with Gasteiger partial charge in [-0.25, -0.2) is 4.79 Å². The molecule has 1 aliphatic rings. The molecule has 0 bridgehead atoms. The molecule has 0 atom stereocenters. The molecule has 0 saturated carbocycles. The predicted molar refractivity (Wildman–Crippen MR) is 83.9 cm³/mol. The lowest BCUT2D eigenvalue weighted by Gasteiger charge is -2.15. The summed E-state index contributed by atoms with van der Waals surface area (Å²) in [5.41, 5.74) is 0.686. The van der Waals surface area contributed by atoms with E-state index in [1.807, 2.05) is 0 Å². The van der Waals surface area contributed by atoms with Gasteiger partial charge in [0.1, 0.15) is 5.75 Å². The maximum Gasteiger partial charge on any atom is 0.328 e. The van der Waals surface area contributed by atoms with Gasteiger partial charge >= 0.3 is 5.97 Å². The van der Waals surface area contributed by atoms with Gasteiger partial charge in [-0.05, 0) is 56.6 Å². The fraction of sp³-hybridized carbons (Fsp3) is 0.438. The normalized spacial score (nSPS) is 15.7. The van der Waals surface area contributed by atoms with E-state index in [0.717, 1.165) is 19.0 Å². The van der Waals surface area contributed by atoms with Crippen LogP contribution in [0.5, 0.6) is 5.75 Å². The number of hydrogen-bond acceptors (Lipinski definition) is 3. The molecule has 0 radical (unpaired) electrons. The smallest absolute Gasteiger partial charge is 0.328 e. The molecule has 1 N–H and O–H groups in total. The number of rotatable bonds is 7. The minimum absolute atomic E-state index is 0.560. The summed E-state index contributed by atoms with van der Waals surface area (Å²) in [6.07, 6.45) is 6.14. The molecule has 1 saturated heterocycles. The van der Waals surface area contributed by atoms with Crippen LogP contribution in [0.15, 0.2) is 24.3 Å². The summed E-state index contributed by atoms with van der Waals surface area (Å²) in [6, 6.07) is 5.23. The summed E-state index contributed by atoms with van der Waals surface area (Å²) in [5.74, 6) is -0.326. The van der Waals surface area contributed by atoms with Crippen LogP contribution in [0.4, 0.5) is 0 Å². The van der Waals surface area contributed by atoms with Gasteiger partial charge in [0.05, 0.1) is 6.61 Å². The number of halogens is 1. The third kappa shape index (κ3) is 5.40. The van der Waals surface area contributed by atoms with Crippen molar-refractivity contribution in [2.45, 2.75) is 19.3 Å². The Bertz CT molecular complexity index is 510. The predicted octanol–water partition coefficient (Wildman–Crippen LogP) is 3.30. The van der Waals surface area contributed by atoms with Gasteiger partial charge in [0, 0.05) is 23.2 Å². The molecular formula is C16H20ClNO3. The number of benzene rings is 1. The third-order valence-electron chi connectivity index (χ3n) is 3.45. The summed E-state index contributed by atoms with van der Waals surface area (Å²) < 4.78 is 5.75. The molecule has 0 unspecified atom stereocenters. The monoisotopic (exact) mass is 309 g/mol. The topological polar surface area (TPSA) is 49.8 Å². The molecule has 0 aliphatic carbocycles. The fourth-order valence-corrected chi connectivity index (χ4v) is 2.60. The molecule has 1 aliphatic heterocycles. The molecule has 0 spiro atoms. The molecule has 0 aromatic heterocycles. The zero-order chi connectivity index (χ0) is 15.1. The molecule has 1 fully saturated rings. The van der Waals surface area contributed by atoms with Gasteiger partial charge < -0.3 is 14.7 Å². The van der Waals surface area contributed by atoms with Gasteiger partial charge in [0.25, 0.3) is 0 Å². The third-order valence-corrected chi connectivity index (χ3v) is 3.69. The first kappa shape index (κ1) is 15.9. The van der Waals surface area contributed by atoms with Crippen LogP contribution in [0.25, 0.3) is 6.08 Å². The second kappa shape index (κ2) is 8.05. The Kier molecular flexibility index (Phi) is 6.08. The van der Waals surface area contributed by atoms with Crippen LogP contribution < -0.4 is 4.74 Å². The molecular weight excluding hydrogens is 290 g/mol. The first-order valence-corrected chi connectivity index (χ1v) is 7.58. The average Bonchev–Trinajstić information content (AvgIpc) is 2.96. The summed E-state index contributed by atoms with van der Waals surface area (Å²) in [4.78, 5) is 13.1. The van der Waals surface area contributed by atoms with Crippen molar-refractivity contribution in [2.24, 2.45) is 0 Å². The van der Waals surface area contributed by atoms with Gasteiger partial charge in [-0.15, -0.1) is 0 Å². The van der Waals surface area contributed by atoms with Crippen molar-refractivity contribution in [3.63, 3.8) is 0 Å². The highest BCUT2D eigenvalue weighted by Crippen LogP contribution is 2.24. The van der Waals surface area contributed by atoms with E-state index in [-0.39, 0.29) is 0 Å². The van der Waals surface area contributed by atoms with Crippen LogP contribution in [-0.4, -0.2) is 42.2 Å². The Morgan fingerprint density at radius 3 is 2.86 bits per heavy atom. The minimum Gasteiger partial charge on any atom is -0.493 e. The van der Waals surface area contributed by atoms with E-state index in [2.05, 4.69) is 4.90 Å². The van der Waals surface area contributed by atoms with E-state index in [1.54, 1.807) is 18.2 Å². The SMILES string of the molecule is O=C(O)C=Cc1cc(Cl)ccc1OCCCN1CCCC1. The molecule has 5 heteroatoms. The lowest BCUT2D eigenvalue weighted by Crippen LogP contribution is -2.21. The summed E-state index contributed by atoms with van der Waals surface area (Å²) >= 11 is 5.94. The first-order chi connectivity index (χ1) is 10.1. The Hall–Kier alpha value is -1.52. The van der Waals surface area contributed by atoms with E-state index in [0.29, 0.717) is 22.9 Å². The van der Waals surface area contributed by atoms with E-state index in [9.17, 15) is 4.79 Å². The molecule has 2 rings (SSSR count).